The summed E-state index contributed by atoms with van der Waals surface area (Å²) in [6.45, 7) is -0.492. The summed E-state index contributed by atoms with van der Waals surface area (Å²) in [6, 6.07) is 21.6. The molecule has 0 aliphatic rings. The van der Waals surface area contributed by atoms with E-state index in [0.717, 1.165) is 5.56 Å². The predicted octanol–water partition coefficient (Wildman–Crippen LogP) is 3.47. The molecule has 0 saturated carbocycles. The molecule has 7 nitrogen and oxygen atoms in total. The fraction of sp³-hybridized carbons (Fsp3) is 0.192. The van der Waals surface area contributed by atoms with Crippen LogP contribution in [0.5, 0.6) is 11.5 Å². The summed E-state index contributed by atoms with van der Waals surface area (Å²) in [4.78, 5) is 38.2. The lowest BCUT2D eigenvalue weighted by atomic mass is 10.1. The molecule has 0 spiro atoms. The van der Waals surface area contributed by atoms with Crippen LogP contribution < -0.4 is 14.8 Å². The van der Waals surface area contributed by atoms with Gasteiger partial charge in [-0.05, 0) is 29.8 Å². The van der Waals surface area contributed by atoms with Gasteiger partial charge in [0.25, 0.3) is 5.91 Å². The van der Waals surface area contributed by atoms with E-state index in [2.05, 4.69) is 5.32 Å². The van der Waals surface area contributed by atoms with Gasteiger partial charge in [-0.1, -0.05) is 48.5 Å². The number of esters is 1. The van der Waals surface area contributed by atoms with Crippen molar-refractivity contribution in [2.75, 3.05) is 20.8 Å². The smallest absolute Gasteiger partial charge is 0.329 e. The third-order valence-corrected chi connectivity index (χ3v) is 4.96. The first-order chi connectivity index (χ1) is 16.0. The van der Waals surface area contributed by atoms with E-state index in [1.807, 2.05) is 30.3 Å². The normalized spacial score (nSPS) is 11.2. The van der Waals surface area contributed by atoms with Crippen LogP contribution in [-0.4, -0.2) is 44.5 Å². The largest absolute Gasteiger partial charge is 0.497 e. The van der Waals surface area contributed by atoms with Gasteiger partial charge in [0.1, 0.15) is 17.5 Å². The number of amides is 1. The van der Waals surface area contributed by atoms with E-state index < -0.39 is 30.3 Å². The molecule has 0 fully saturated rings. The molecule has 1 N–H and O–H groups in total. The van der Waals surface area contributed by atoms with E-state index >= 15 is 0 Å². The fourth-order valence-electron chi connectivity index (χ4n) is 3.22. The van der Waals surface area contributed by atoms with Crippen molar-refractivity contribution in [1.29, 1.82) is 0 Å². The molecule has 3 rings (SSSR count). The Labute approximate surface area is 192 Å². The molecular formula is C26H25NO6. The minimum Gasteiger partial charge on any atom is -0.497 e. The topological polar surface area (TPSA) is 90.9 Å². The number of hydrogen-bond acceptors (Lipinski definition) is 6. The van der Waals surface area contributed by atoms with E-state index in [-0.39, 0.29) is 12.0 Å². The van der Waals surface area contributed by atoms with Crippen molar-refractivity contribution in [2.45, 2.75) is 12.5 Å². The van der Waals surface area contributed by atoms with Crippen molar-refractivity contribution in [3.63, 3.8) is 0 Å². The summed E-state index contributed by atoms with van der Waals surface area (Å²) in [7, 11) is 2.95. The number of carbonyl (C=O) groups excluding carboxylic acids is 3. The molecule has 7 heteroatoms. The van der Waals surface area contributed by atoms with E-state index in [1.165, 1.54) is 14.2 Å². The van der Waals surface area contributed by atoms with Crippen LogP contribution in [0.1, 0.15) is 26.3 Å². The van der Waals surface area contributed by atoms with Gasteiger partial charge in [0.2, 0.25) is 5.78 Å². The molecule has 3 aromatic carbocycles. The van der Waals surface area contributed by atoms with Crippen molar-refractivity contribution < 1.29 is 28.6 Å². The first-order valence-corrected chi connectivity index (χ1v) is 10.3. The highest BCUT2D eigenvalue weighted by Gasteiger charge is 2.25. The second kappa shape index (κ2) is 11.5. The number of nitrogens with one attached hydrogen (secondary N) is 1. The second-order valence-corrected chi connectivity index (χ2v) is 7.18. The van der Waals surface area contributed by atoms with Crippen LogP contribution in [-0.2, 0) is 16.0 Å². The lowest BCUT2D eigenvalue weighted by Gasteiger charge is -2.18. The number of ketones is 1. The quantitative estimate of drug-likeness (QED) is 0.378. The molecule has 0 saturated heterocycles. The Bertz CT molecular complexity index is 1100. The number of Topliss-reactive ketones (excluding diaryl/α,β-unsaturated/α-hetero) is 1. The fourth-order valence-corrected chi connectivity index (χ4v) is 3.22. The molecule has 0 heterocycles. The summed E-state index contributed by atoms with van der Waals surface area (Å²) in [5, 5.41) is 2.72. The third kappa shape index (κ3) is 6.43. The van der Waals surface area contributed by atoms with Crippen LogP contribution in [0.25, 0.3) is 0 Å². The van der Waals surface area contributed by atoms with Crippen LogP contribution >= 0.6 is 0 Å². The highest BCUT2D eigenvalue weighted by atomic mass is 16.5. The molecule has 0 radical (unpaired) electrons. The minimum atomic E-state index is -0.967. The van der Waals surface area contributed by atoms with Gasteiger partial charge in [-0.25, -0.2) is 4.79 Å². The molecule has 0 aliphatic carbocycles. The first-order valence-electron chi connectivity index (χ1n) is 10.3. The Morgan fingerprint density at radius 1 is 0.848 bits per heavy atom. The predicted molar refractivity (Wildman–Crippen MR) is 123 cm³/mol. The van der Waals surface area contributed by atoms with Gasteiger partial charge in [0.15, 0.2) is 6.61 Å². The van der Waals surface area contributed by atoms with Gasteiger partial charge >= 0.3 is 5.97 Å². The van der Waals surface area contributed by atoms with Gasteiger partial charge in [0, 0.05) is 18.1 Å². The highest BCUT2D eigenvalue weighted by Crippen LogP contribution is 2.25. The number of methoxy groups -OCH3 is 2. The first kappa shape index (κ1) is 23.5. The molecule has 1 atom stereocenters. The van der Waals surface area contributed by atoms with Crippen molar-refractivity contribution in [2.24, 2.45) is 0 Å². The Morgan fingerprint density at radius 2 is 1.52 bits per heavy atom. The number of rotatable bonds is 10. The minimum absolute atomic E-state index is 0.221. The zero-order valence-electron chi connectivity index (χ0n) is 18.4. The van der Waals surface area contributed by atoms with Gasteiger partial charge < -0.3 is 19.5 Å². The zero-order chi connectivity index (χ0) is 23.6. The molecule has 1 unspecified atom stereocenters. The standard InChI is InChI=1S/C26H25NO6/c1-31-20-13-14-21(24(16-20)32-2)23(28)17-33-26(30)22(15-18-9-5-3-6-10-18)27-25(29)19-11-7-4-8-12-19/h3-14,16,22H,15,17H2,1-2H3,(H,27,29). The lowest BCUT2D eigenvalue weighted by molar-refractivity contribution is -0.144. The molecule has 0 aliphatic heterocycles. The maximum absolute atomic E-state index is 12.9. The van der Waals surface area contributed by atoms with E-state index in [0.29, 0.717) is 17.1 Å². The van der Waals surface area contributed by atoms with Crippen LogP contribution in [0.2, 0.25) is 0 Å². The summed E-state index contributed by atoms with van der Waals surface area (Å²) in [6.07, 6.45) is 0.221. The third-order valence-electron chi connectivity index (χ3n) is 4.96. The number of benzene rings is 3. The van der Waals surface area contributed by atoms with Gasteiger partial charge in [-0.2, -0.15) is 0 Å². The van der Waals surface area contributed by atoms with E-state index in [4.69, 9.17) is 14.2 Å². The molecule has 33 heavy (non-hydrogen) atoms. The van der Waals surface area contributed by atoms with Gasteiger partial charge in [0.05, 0.1) is 19.8 Å². The number of hydrogen-bond donors (Lipinski definition) is 1. The molecule has 3 aromatic rings. The maximum atomic E-state index is 12.9. The van der Waals surface area contributed by atoms with Crippen molar-refractivity contribution in [1.82, 2.24) is 5.32 Å². The van der Waals surface area contributed by atoms with Crippen LogP contribution in [0.4, 0.5) is 0 Å². The average Bonchev–Trinajstić information content (AvgIpc) is 2.87. The molecular weight excluding hydrogens is 422 g/mol. The number of carbonyl (C=O) groups is 3. The molecule has 1 amide bonds. The van der Waals surface area contributed by atoms with Crippen molar-refractivity contribution in [3.05, 3.63) is 95.6 Å². The van der Waals surface area contributed by atoms with Crippen LogP contribution in [0.15, 0.2) is 78.9 Å². The van der Waals surface area contributed by atoms with Crippen LogP contribution in [0.3, 0.4) is 0 Å². The second-order valence-electron chi connectivity index (χ2n) is 7.18. The highest BCUT2D eigenvalue weighted by molar-refractivity contribution is 6.01. The SMILES string of the molecule is COc1ccc(C(=O)COC(=O)C(Cc2ccccc2)NC(=O)c2ccccc2)c(OC)c1. The number of ether oxygens (including phenoxy) is 3. The van der Waals surface area contributed by atoms with Crippen molar-refractivity contribution >= 4 is 17.7 Å². The van der Waals surface area contributed by atoms with E-state index in [1.54, 1.807) is 48.5 Å². The van der Waals surface area contributed by atoms with Gasteiger partial charge in [-0.15, -0.1) is 0 Å². The summed E-state index contributed by atoms with van der Waals surface area (Å²) < 4.78 is 15.7. The zero-order valence-corrected chi connectivity index (χ0v) is 18.4. The summed E-state index contributed by atoms with van der Waals surface area (Å²) in [5.41, 5.74) is 1.53. The Kier molecular flexibility index (Phi) is 8.18. The van der Waals surface area contributed by atoms with Crippen molar-refractivity contribution in [3.8, 4) is 11.5 Å². The monoisotopic (exact) mass is 447 g/mol. The van der Waals surface area contributed by atoms with E-state index in [9.17, 15) is 14.4 Å². The maximum Gasteiger partial charge on any atom is 0.329 e. The lowest BCUT2D eigenvalue weighted by Crippen LogP contribution is -2.43. The molecule has 170 valence electrons. The molecule has 0 bridgehead atoms. The molecule has 0 aromatic heterocycles. The summed E-state index contributed by atoms with van der Waals surface area (Å²) in [5.74, 6) is -0.697. The Balaban J connectivity index is 1.71. The average molecular weight is 447 g/mol. The van der Waals surface area contributed by atoms with Crippen LogP contribution in [0, 0.1) is 0 Å². The summed E-state index contributed by atoms with van der Waals surface area (Å²) >= 11 is 0. The Hall–Kier alpha value is -4.13. The Morgan fingerprint density at radius 3 is 2.15 bits per heavy atom. The van der Waals surface area contributed by atoms with Gasteiger partial charge in [-0.3, -0.25) is 9.59 Å².